The molecule has 0 amide bonds. The molecule has 0 N–H and O–H groups in total. The van der Waals surface area contributed by atoms with Crippen molar-refractivity contribution >= 4 is 22.8 Å². The van der Waals surface area contributed by atoms with Crippen molar-refractivity contribution in [2.45, 2.75) is 20.3 Å². The van der Waals surface area contributed by atoms with Gasteiger partial charge in [0.25, 0.3) is 0 Å². The Labute approximate surface area is 189 Å². The molecule has 0 aliphatic heterocycles. The van der Waals surface area contributed by atoms with Crippen LogP contribution in [0.3, 0.4) is 0 Å². The molecule has 0 bridgehead atoms. The van der Waals surface area contributed by atoms with Gasteiger partial charge >= 0.3 is 5.97 Å². The smallest absolute Gasteiger partial charge is 0.311 e. The van der Waals surface area contributed by atoms with Crippen LogP contribution in [0.4, 0.5) is 0 Å². The van der Waals surface area contributed by atoms with Gasteiger partial charge in [-0.05, 0) is 43.7 Å². The highest BCUT2D eigenvalue weighted by Gasteiger charge is 2.23. The molecule has 5 aromatic rings. The van der Waals surface area contributed by atoms with Crippen LogP contribution in [0.1, 0.15) is 17.0 Å². The number of carbonyl (C=O) groups is 1. The fourth-order valence-electron chi connectivity index (χ4n) is 3.88. The fourth-order valence-corrected chi connectivity index (χ4v) is 3.88. The van der Waals surface area contributed by atoms with E-state index >= 15 is 0 Å². The summed E-state index contributed by atoms with van der Waals surface area (Å²) in [6.45, 7) is 3.96. The van der Waals surface area contributed by atoms with Crippen LogP contribution in [0.25, 0.3) is 33.6 Å². The molecular weight excluding hydrogens is 420 g/mol. The fraction of sp³-hybridized carbons (Fsp3) is 0.208. The molecule has 9 heteroatoms. The van der Waals surface area contributed by atoms with Gasteiger partial charge in [0.15, 0.2) is 16.8 Å². The molecule has 0 fully saturated rings. The second kappa shape index (κ2) is 8.01. The number of fused-ring (bicyclic) bond motifs is 3. The first-order valence-electron chi connectivity index (χ1n) is 10.4. The highest BCUT2D eigenvalue weighted by atomic mass is 16.5. The summed E-state index contributed by atoms with van der Waals surface area (Å²) in [4.78, 5) is 12.0. The molecule has 9 nitrogen and oxygen atoms in total. The molecule has 0 aliphatic rings. The van der Waals surface area contributed by atoms with Crippen LogP contribution in [0, 0.1) is 13.8 Å². The molecule has 33 heavy (non-hydrogen) atoms. The number of rotatable bonds is 5. The minimum atomic E-state index is -0.400. The monoisotopic (exact) mass is 442 g/mol. The standard InChI is InChI=1S/C24H22N6O3/c1-14-5-9-17(10-6-14)29-24-22(19(28-29)13-20(31)33-4)25-26-23-21(15(2)27-30(23)24)16-7-11-18(32-3)12-8-16/h5-12H,13H2,1-4H3. The van der Waals surface area contributed by atoms with E-state index in [-0.39, 0.29) is 6.42 Å². The number of hydrogen-bond acceptors (Lipinski definition) is 7. The maximum atomic E-state index is 12.0. The molecule has 0 aliphatic carbocycles. The van der Waals surface area contributed by atoms with Crippen molar-refractivity contribution in [2.75, 3.05) is 14.2 Å². The van der Waals surface area contributed by atoms with Gasteiger partial charge in [-0.3, -0.25) is 4.79 Å². The highest BCUT2D eigenvalue weighted by molar-refractivity contribution is 5.87. The van der Waals surface area contributed by atoms with Gasteiger partial charge in [0.1, 0.15) is 11.4 Å². The summed E-state index contributed by atoms with van der Waals surface area (Å²) in [5.74, 6) is 0.370. The molecule has 166 valence electrons. The lowest BCUT2D eigenvalue weighted by Gasteiger charge is -2.05. The van der Waals surface area contributed by atoms with E-state index < -0.39 is 5.97 Å². The number of hydrogen-bond donors (Lipinski definition) is 0. The first-order valence-corrected chi connectivity index (χ1v) is 10.4. The Balaban J connectivity index is 1.79. The van der Waals surface area contributed by atoms with Crippen LogP contribution in [0.5, 0.6) is 5.75 Å². The van der Waals surface area contributed by atoms with Gasteiger partial charge in [-0.2, -0.15) is 14.7 Å². The Hall–Kier alpha value is -4.27. The highest BCUT2D eigenvalue weighted by Crippen LogP contribution is 2.31. The Morgan fingerprint density at radius 2 is 1.67 bits per heavy atom. The van der Waals surface area contributed by atoms with Crippen LogP contribution >= 0.6 is 0 Å². The summed E-state index contributed by atoms with van der Waals surface area (Å²) in [6.07, 6.45) is -0.0162. The number of benzene rings is 2. The maximum absolute atomic E-state index is 12.0. The minimum Gasteiger partial charge on any atom is -0.497 e. The molecule has 0 saturated heterocycles. The molecule has 0 unspecified atom stereocenters. The largest absolute Gasteiger partial charge is 0.497 e. The molecular formula is C24H22N6O3. The summed E-state index contributed by atoms with van der Waals surface area (Å²) >= 11 is 0. The maximum Gasteiger partial charge on any atom is 0.311 e. The van der Waals surface area contributed by atoms with Gasteiger partial charge in [0, 0.05) is 0 Å². The van der Waals surface area contributed by atoms with Crippen LogP contribution in [-0.4, -0.2) is 49.8 Å². The summed E-state index contributed by atoms with van der Waals surface area (Å²) < 4.78 is 13.6. The number of aromatic nitrogens is 6. The van der Waals surface area contributed by atoms with Gasteiger partial charge in [-0.1, -0.05) is 29.8 Å². The lowest BCUT2D eigenvalue weighted by atomic mass is 10.1. The van der Waals surface area contributed by atoms with Gasteiger partial charge in [0.05, 0.1) is 37.6 Å². The molecule has 0 radical (unpaired) electrons. The molecule has 0 saturated carbocycles. The number of carbonyl (C=O) groups excluding carboxylic acids is 1. The number of nitrogens with zero attached hydrogens (tertiary/aromatic N) is 6. The average Bonchev–Trinajstić information content (AvgIpc) is 3.36. The van der Waals surface area contributed by atoms with Crippen LogP contribution in [0.15, 0.2) is 48.5 Å². The summed E-state index contributed by atoms with van der Waals surface area (Å²) in [6, 6.07) is 15.7. The quantitative estimate of drug-likeness (QED) is 0.385. The van der Waals surface area contributed by atoms with E-state index in [1.54, 1.807) is 16.3 Å². The predicted octanol–water partition coefficient (Wildman–Crippen LogP) is 3.47. The first kappa shape index (κ1) is 20.6. The topological polar surface area (TPSA) is 96.4 Å². The molecule has 0 spiro atoms. The van der Waals surface area contributed by atoms with Crippen molar-refractivity contribution in [2.24, 2.45) is 0 Å². The second-order valence-corrected chi connectivity index (χ2v) is 7.74. The zero-order chi connectivity index (χ0) is 23.1. The Morgan fingerprint density at radius 3 is 2.33 bits per heavy atom. The third-order valence-electron chi connectivity index (χ3n) is 5.58. The normalized spacial score (nSPS) is 11.3. The van der Waals surface area contributed by atoms with E-state index in [0.29, 0.717) is 22.5 Å². The number of ether oxygens (including phenoxy) is 2. The molecule has 0 atom stereocenters. The SMILES string of the molecule is COC(=O)Cc1nn(-c2ccc(C)cc2)c2c1nnc1c(-c3ccc(OC)cc3)c(C)nn12. The summed E-state index contributed by atoms with van der Waals surface area (Å²) in [5, 5.41) is 18.4. The number of esters is 1. The zero-order valence-corrected chi connectivity index (χ0v) is 18.7. The zero-order valence-electron chi connectivity index (χ0n) is 18.7. The van der Waals surface area contributed by atoms with Gasteiger partial charge < -0.3 is 9.47 Å². The third-order valence-corrected chi connectivity index (χ3v) is 5.58. The second-order valence-electron chi connectivity index (χ2n) is 7.74. The van der Waals surface area contributed by atoms with E-state index in [4.69, 9.17) is 19.7 Å². The van der Waals surface area contributed by atoms with Gasteiger partial charge in [0.2, 0.25) is 0 Å². The third kappa shape index (κ3) is 3.47. The van der Waals surface area contributed by atoms with E-state index in [0.717, 1.165) is 33.8 Å². The van der Waals surface area contributed by atoms with Gasteiger partial charge in [-0.15, -0.1) is 10.2 Å². The van der Waals surface area contributed by atoms with Crippen LogP contribution < -0.4 is 4.74 Å². The van der Waals surface area contributed by atoms with E-state index in [2.05, 4.69) is 10.2 Å². The number of aryl methyl sites for hydroxylation is 2. The number of methoxy groups -OCH3 is 2. The first-order chi connectivity index (χ1) is 16.0. The van der Waals surface area contributed by atoms with E-state index in [1.807, 2.05) is 62.4 Å². The van der Waals surface area contributed by atoms with Crippen molar-refractivity contribution in [1.29, 1.82) is 0 Å². The molecule has 5 rings (SSSR count). The Bertz CT molecular complexity index is 1480. The van der Waals surface area contributed by atoms with Crippen LogP contribution in [-0.2, 0) is 16.0 Å². The summed E-state index contributed by atoms with van der Waals surface area (Å²) in [7, 11) is 2.99. The minimum absolute atomic E-state index is 0.0162. The predicted molar refractivity (Wildman–Crippen MR) is 123 cm³/mol. The van der Waals surface area contributed by atoms with Gasteiger partial charge in [-0.25, -0.2) is 4.68 Å². The summed E-state index contributed by atoms with van der Waals surface area (Å²) in [5.41, 5.74) is 6.79. The molecule has 3 heterocycles. The molecule has 3 aromatic heterocycles. The lowest BCUT2D eigenvalue weighted by molar-refractivity contribution is -0.139. The van der Waals surface area contributed by atoms with Crippen molar-refractivity contribution in [3.8, 4) is 22.6 Å². The van der Waals surface area contributed by atoms with Crippen molar-refractivity contribution in [1.82, 2.24) is 29.6 Å². The van der Waals surface area contributed by atoms with Crippen molar-refractivity contribution in [3.05, 3.63) is 65.5 Å². The average molecular weight is 442 g/mol. The van der Waals surface area contributed by atoms with E-state index in [9.17, 15) is 4.79 Å². The molecule has 2 aromatic carbocycles. The Morgan fingerprint density at radius 1 is 0.939 bits per heavy atom. The van der Waals surface area contributed by atoms with Crippen molar-refractivity contribution in [3.63, 3.8) is 0 Å². The lowest BCUT2D eigenvalue weighted by Crippen LogP contribution is -2.06. The van der Waals surface area contributed by atoms with Crippen LogP contribution in [0.2, 0.25) is 0 Å². The van der Waals surface area contributed by atoms with E-state index in [1.165, 1.54) is 7.11 Å². The van der Waals surface area contributed by atoms with Crippen molar-refractivity contribution < 1.29 is 14.3 Å². The Kier molecular flexibility index (Phi) is 5.01.